The van der Waals surface area contributed by atoms with Gasteiger partial charge in [-0.3, -0.25) is 9.59 Å². The average Bonchev–Trinajstić information content (AvgIpc) is 2.63. The summed E-state index contributed by atoms with van der Waals surface area (Å²) in [5.74, 6) is -1.93. The van der Waals surface area contributed by atoms with Crippen LogP contribution in [0.2, 0.25) is 5.02 Å². The average molecular weight is 431 g/mol. The van der Waals surface area contributed by atoms with Gasteiger partial charge in [0.25, 0.3) is 5.91 Å². The Kier molecular flexibility index (Phi) is 5.97. The Balaban J connectivity index is 1.92. The van der Waals surface area contributed by atoms with Gasteiger partial charge in [-0.05, 0) is 42.8 Å². The molecule has 0 radical (unpaired) electrons. The maximum absolute atomic E-state index is 13.2. The zero-order valence-corrected chi connectivity index (χ0v) is 15.5. The zero-order valence-electron chi connectivity index (χ0n) is 14.8. The molecule has 0 bridgehead atoms. The highest BCUT2D eigenvalue weighted by Gasteiger charge is 2.33. The maximum atomic E-state index is 13.2. The topological polar surface area (TPSA) is 67.4 Å². The van der Waals surface area contributed by atoms with Gasteiger partial charge < -0.3 is 15.4 Å². The van der Waals surface area contributed by atoms with Crippen LogP contribution in [-0.4, -0.2) is 24.4 Å². The molecule has 5 nitrogen and oxygen atoms in total. The fourth-order valence-electron chi connectivity index (χ4n) is 2.82. The molecule has 1 heterocycles. The van der Waals surface area contributed by atoms with Gasteiger partial charge in [0.1, 0.15) is 17.3 Å². The van der Waals surface area contributed by atoms with Gasteiger partial charge in [-0.15, -0.1) is 0 Å². The van der Waals surface area contributed by atoms with Crippen LogP contribution in [0.15, 0.2) is 36.4 Å². The van der Waals surface area contributed by atoms with Crippen molar-refractivity contribution in [2.24, 2.45) is 0 Å². The number of hydrogen-bond acceptors (Lipinski definition) is 3. The van der Waals surface area contributed by atoms with Crippen molar-refractivity contribution in [2.75, 3.05) is 6.54 Å². The Morgan fingerprint density at radius 1 is 1.17 bits per heavy atom. The number of nitrogens with one attached hydrogen (secondary N) is 2. The standard InChI is InChI=1S/C19H15ClF4N2O3/c20-14-8-11(21)2-4-16(14)29-15-3-1-10(19(22,23)24)7-13(15)18(28)26-12-5-6-25-17(27)9-12/h1-4,7-8,12H,5-6,9H2,(H,25,27)(H,26,28). The van der Waals surface area contributed by atoms with E-state index in [1.54, 1.807) is 0 Å². The minimum absolute atomic E-state index is 0.0185. The van der Waals surface area contributed by atoms with Crippen LogP contribution in [-0.2, 0) is 11.0 Å². The van der Waals surface area contributed by atoms with E-state index in [9.17, 15) is 27.2 Å². The first kappa shape index (κ1) is 20.9. The number of hydrogen-bond donors (Lipinski definition) is 2. The Bertz CT molecular complexity index is 950. The lowest BCUT2D eigenvalue weighted by molar-refractivity contribution is -0.137. The number of alkyl halides is 3. The second-order valence-electron chi connectivity index (χ2n) is 6.40. The number of piperidine rings is 1. The highest BCUT2D eigenvalue weighted by atomic mass is 35.5. The Labute approximate surface area is 168 Å². The third kappa shape index (κ3) is 5.17. The number of carbonyl (C=O) groups is 2. The molecule has 10 heteroatoms. The fraction of sp³-hybridized carbons (Fsp3) is 0.263. The van der Waals surface area contributed by atoms with Crippen LogP contribution in [0.3, 0.4) is 0 Å². The van der Waals surface area contributed by atoms with Crippen molar-refractivity contribution in [1.29, 1.82) is 0 Å². The summed E-state index contributed by atoms with van der Waals surface area (Å²) in [5.41, 5.74) is -1.42. The van der Waals surface area contributed by atoms with Crippen molar-refractivity contribution in [1.82, 2.24) is 10.6 Å². The highest BCUT2D eigenvalue weighted by Crippen LogP contribution is 2.36. The van der Waals surface area contributed by atoms with Gasteiger partial charge in [0.05, 0.1) is 16.1 Å². The molecule has 29 heavy (non-hydrogen) atoms. The van der Waals surface area contributed by atoms with Crippen LogP contribution in [0.5, 0.6) is 11.5 Å². The first-order valence-corrected chi connectivity index (χ1v) is 8.93. The molecule has 2 amide bonds. The molecular weight excluding hydrogens is 416 g/mol. The molecule has 0 aliphatic carbocycles. The van der Waals surface area contributed by atoms with E-state index in [0.717, 1.165) is 24.3 Å². The maximum Gasteiger partial charge on any atom is 0.416 e. The van der Waals surface area contributed by atoms with Gasteiger partial charge in [0, 0.05) is 19.0 Å². The minimum atomic E-state index is -4.67. The van der Waals surface area contributed by atoms with E-state index in [1.165, 1.54) is 6.07 Å². The lowest BCUT2D eigenvalue weighted by Gasteiger charge is -2.24. The Morgan fingerprint density at radius 3 is 2.55 bits per heavy atom. The van der Waals surface area contributed by atoms with E-state index in [4.69, 9.17) is 16.3 Å². The predicted molar refractivity (Wildman–Crippen MR) is 96.4 cm³/mol. The van der Waals surface area contributed by atoms with Gasteiger partial charge in [-0.1, -0.05) is 11.6 Å². The molecule has 0 spiro atoms. The summed E-state index contributed by atoms with van der Waals surface area (Å²) in [4.78, 5) is 24.1. The van der Waals surface area contributed by atoms with Crippen LogP contribution >= 0.6 is 11.6 Å². The fourth-order valence-corrected chi connectivity index (χ4v) is 3.03. The van der Waals surface area contributed by atoms with Gasteiger partial charge in [-0.25, -0.2) is 4.39 Å². The van der Waals surface area contributed by atoms with Crippen molar-refractivity contribution < 1.29 is 31.9 Å². The van der Waals surface area contributed by atoms with E-state index >= 15 is 0 Å². The number of carbonyl (C=O) groups excluding carboxylic acids is 2. The molecule has 2 aromatic rings. The Morgan fingerprint density at radius 2 is 1.90 bits per heavy atom. The molecular formula is C19H15ClF4N2O3. The quantitative estimate of drug-likeness (QED) is 0.711. The van der Waals surface area contributed by atoms with Gasteiger partial charge >= 0.3 is 6.18 Å². The third-order valence-corrected chi connectivity index (χ3v) is 4.54. The van der Waals surface area contributed by atoms with Crippen LogP contribution in [0.25, 0.3) is 0 Å². The van der Waals surface area contributed by atoms with Crippen molar-refractivity contribution in [3.8, 4) is 11.5 Å². The molecule has 1 atom stereocenters. The normalized spacial score (nSPS) is 16.9. The zero-order chi connectivity index (χ0) is 21.2. The summed E-state index contributed by atoms with van der Waals surface area (Å²) in [6.45, 7) is 0.348. The third-order valence-electron chi connectivity index (χ3n) is 4.25. The summed E-state index contributed by atoms with van der Waals surface area (Å²) >= 11 is 5.90. The second kappa shape index (κ2) is 8.28. The minimum Gasteiger partial charge on any atom is -0.455 e. The number of halogens is 5. The summed E-state index contributed by atoms with van der Waals surface area (Å²) in [6.07, 6.45) is -4.22. The smallest absolute Gasteiger partial charge is 0.416 e. The molecule has 1 unspecified atom stereocenters. The summed E-state index contributed by atoms with van der Waals surface area (Å²) in [5, 5.41) is 5.04. The highest BCUT2D eigenvalue weighted by molar-refractivity contribution is 6.32. The van der Waals surface area contributed by atoms with Gasteiger partial charge in [0.15, 0.2) is 0 Å². The molecule has 2 N–H and O–H groups in total. The summed E-state index contributed by atoms with van der Waals surface area (Å²) < 4.78 is 58.1. The monoisotopic (exact) mass is 430 g/mol. The number of rotatable bonds is 4. The SMILES string of the molecule is O=C1CC(NC(=O)c2cc(C(F)(F)F)ccc2Oc2ccc(F)cc2Cl)CCN1. The van der Waals surface area contributed by atoms with Crippen molar-refractivity contribution in [2.45, 2.75) is 25.1 Å². The van der Waals surface area contributed by atoms with Crippen molar-refractivity contribution in [3.05, 3.63) is 58.4 Å². The summed E-state index contributed by atoms with van der Waals surface area (Å²) in [7, 11) is 0. The molecule has 154 valence electrons. The van der Waals surface area contributed by atoms with E-state index in [-0.39, 0.29) is 34.4 Å². The predicted octanol–water partition coefficient (Wildman–Crippen LogP) is 4.30. The largest absolute Gasteiger partial charge is 0.455 e. The molecule has 2 aromatic carbocycles. The van der Waals surface area contributed by atoms with Crippen molar-refractivity contribution in [3.63, 3.8) is 0 Å². The van der Waals surface area contributed by atoms with E-state index in [0.29, 0.717) is 19.0 Å². The van der Waals surface area contributed by atoms with Crippen LogP contribution in [0.4, 0.5) is 17.6 Å². The molecule has 1 saturated heterocycles. The van der Waals surface area contributed by atoms with Gasteiger partial charge in [-0.2, -0.15) is 13.2 Å². The molecule has 3 rings (SSSR count). The van der Waals surface area contributed by atoms with Crippen molar-refractivity contribution >= 4 is 23.4 Å². The van der Waals surface area contributed by atoms with E-state index in [1.807, 2.05) is 0 Å². The van der Waals surface area contributed by atoms with E-state index < -0.39 is 29.5 Å². The molecule has 0 saturated carbocycles. The van der Waals surface area contributed by atoms with Gasteiger partial charge in [0.2, 0.25) is 5.91 Å². The van der Waals surface area contributed by atoms with Crippen LogP contribution in [0, 0.1) is 5.82 Å². The Hall–Kier alpha value is -2.81. The first-order valence-electron chi connectivity index (χ1n) is 8.55. The number of ether oxygens (including phenoxy) is 1. The lowest BCUT2D eigenvalue weighted by atomic mass is 10.0. The number of amides is 2. The molecule has 1 aliphatic rings. The molecule has 1 aliphatic heterocycles. The van der Waals surface area contributed by atoms with E-state index in [2.05, 4.69) is 10.6 Å². The van der Waals surface area contributed by atoms with Crippen LogP contribution < -0.4 is 15.4 Å². The second-order valence-corrected chi connectivity index (χ2v) is 6.81. The lowest BCUT2D eigenvalue weighted by Crippen LogP contribution is -2.45. The first-order chi connectivity index (χ1) is 13.6. The van der Waals surface area contributed by atoms with Crippen LogP contribution in [0.1, 0.15) is 28.8 Å². The summed E-state index contributed by atoms with van der Waals surface area (Å²) in [6, 6.07) is 5.12. The molecule has 0 aromatic heterocycles. The number of benzene rings is 2. The molecule has 1 fully saturated rings.